The molecule has 4 rings (SSSR count). The summed E-state index contributed by atoms with van der Waals surface area (Å²) in [6, 6.07) is 23.5. The second-order valence-electron chi connectivity index (χ2n) is 7.32. The molecule has 1 aliphatic rings. The van der Waals surface area contributed by atoms with Crippen molar-refractivity contribution >= 4 is 29.3 Å². The molecule has 5 heteroatoms. The zero-order chi connectivity index (χ0) is 20.9. The molecular weight excluding hydrogens is 392 g/mol. The van der Waals surface area contributed by atoms with E-state index in [0.29, 0.717) is 17.9 Å². The molecule has 0 unspecified atom stereocenters. The lowest BCUT2D eigenvalue weighted by atomic mass is 10.1. The number of nitrogens with zero attached hydrogens (tertiary/aromatic N) is 1. The Kier molecular flexibility index (Phi) is 6.19. The van der Waals surface area contributed by atoms with Crippen LogP contribution in [0.25, 0.3) is 0 Å². The van der Waals surface area contributed by atoms with Crippen LogP contribution in [0.4, 0.5) is 5.69 Å². The second-order valence-corrected chi connectivity index (χ2v) is 8.34. The van der Waals surface area contributed by atoms with Gasteiger partial charge < -0.3 is 10.2 Å². The zero-order valence-electron chi connectivity index (χ0n) is 16.9. The van der Waals surface area contributed by atoms with Crippen molar-refractivity contribution in [2.24, 2.45) is 0 Å². The largest absolute Gasteiger partial charge is 0.348 e. The third-order valence-corrected chi connectivity index (χ3v) is 6.43. The summed E-state index contributed by atoms with van der Waals surface area (Å²) in [4.78, 5) is 28.3. The maximum Gasteiger partial charge on any atom is 0.252 e. The van der Waals surface area contributed by atoms with Crippen molar-refractivity contribution in [2.75, 3.05) is 17.2 Å². The monoisotopic (exact) mass is 416 g/mol. The predicted octanol–water partition coefficient (Wildman–Crippen LogP) is 4.61. The first-order chi connectivity index (χ1) is 14.6. The standard InChI is InChI=1S/C25H24N2O2S/c1-18-8-2-3-10-20(18)16-26-25(29)21-11-5-7-13-23(21)30-17-24(28)27-15-14-19-9-4-6-12-22(19)27/h2-13H,14-17H2,1H3,(H,26,29). The molecule has 0 spiro atoms. The molecular formula is C25H24N2O2S. The van der Waals surface area contributed by atoms with Gasteiger partial charge in [-0.1, -0.05) is 54.6 Å². The number of benzene rings is 3. The topological polar surface area (TPSA) is 49.4 Å². The Bertz CT molecular complexity index is 1080. The molecule has 3 aromatic rings. The van der Waals surface area contributed by atoms with Gasteiger partial charge in [0.15, 0.2) is 0 Å². The Hall–Kier alpha value is -3.05. The van der Waals surface area contributed by atoms with Crippen LogP contribution in [-0.2, 0) is 17.8 Å². The third-order valence-electron chi connectivity index (χ3n) is 5.37. The van der Waals surface area contributed by atoms with E-state index in [0.717, 1.165) is 34.7 Å². The molecule has 2 amide bonds. The molecule has 1 N–H and O–H groups in total. The number of hydrogen-bond acceptors (Lipinski definition) is 3. The predicted molar refractivity (Wildman–Crippen MR) is 122 cm³/mol. The van der Waals surface area contributed by atoms with Crippen molar-refractivity contribution in [3.8, 4) is 0 Å². The van der Waals surface area contributed by atoms with Crippen LogP contribution < -0.4 is 10.2 Å². The van der Waals surface area contributed by atoms with Crippen LogP contribution in [0.1, 0.15) is 27.0 Å². The van der Waals surface area contributed by atoms with Gasteiger partial charge in [-0.3, -0.25) is 9.59 Å². The second kappa shape index (κ2) is 9.18. The van der Waals surface area contributed by atoms with Gasteiger partial charge in [0.2, 0.25) is 5.91 Å². The number of hydrogen-bond donors (Lipinski definition) is 1. The maximum atomic E-state index is 12.8. The number of thioether (sulfide) groups is 1. The fourth-order valence-corrected chi connectivity index (χ4v) is 4.60. The SMILES string of the molecule is Cc1ccccc1CNC(=O)c1ccccc1SCC(=O)N1CCc2ccccc21. The van der Waals surface area contributed by atoms with Crippen LogP contribution in [0, 0.1) is 6.92 Å². The molecule has 30 heavy (non-hydrogen) atoms. The smallest absolute Gasteiger partial charge is 0.252 e. The number of carbonyl (C=O) groups excluding carboxylic acids is 2. The van der Waals surface area contributed by atoms with E-state index in [4.69, 9.17) is 0 Å². The normalized spacial score (nSPS) is 12.5. The number of nitrogens with one attached hydrogen (secondary N) is 1. The summed E-state index contributed by atoms with van der Waals surface area (Å²) in [7, 11) is 0. The maximum absolute atomic E-state index is 12.8. The van der Waals surface area contributed by atoms with Crippen LogP contribution in [0.2, 0.25) is 0 Å². The first-order valence-electron chi connectivity index (χ1n) is 10.1. The van der Waals surface area contributed by atoms with E-state index in [9.17, 15) is 9.59 Å². The van der Waals surface area contributed by atoms with Crippen molar-refractivity contribution in [3.63, 3.8) is 0 Å². The number of aryl methyl sites for hydroxylation is 1. The quantitative estimate of drug-likeness (QED) is 0.597. The van der Waals surface area contributed by atoms with Crippen molar-refractivity contribution in [3.05, 3.63) is 95.1 Å². The van der Waals surface area contributed by atoms with Gasteiger partial charge in [0.05, 0.1) is 11.3 Å². The molecule has 0 aliphatic carbocycles. The summed E-state index contributed by atoms with van der Waals surface area (Å²) in [6.45, 7) is 3.23. The number of anilines is 1. The molecule has 1 aliphatic heterocycles. The Balaban J connectivity index is 1.40. The van der Waals surface area contributed by atoms with Crippen LogP contribution in [0.3, 0.4) is 0 Å². The summed E-state index contributed by atoms with van der Waals surface area (Å²) < 4.78 is 0. The minimum Gasteiger partial charge on any atom is -0.348 e. The van der Waals surface area contributed by atoms with E-state index in [-0.39, 0.29) is 11.8 Å². The molecule has 4 nitrogen and oxygen atoms in total. The van der Waals surface area contributed by atoms with Gasteiger partial charge >= 0.3 is 0 Å². The summed E-state index contributed by atoms with van der Waals surface area (Å²) in [6.07, 6.45) is 0.893. The van der Waals surface area contributed by atoms with Crippen LogP contribution in [0.5, 0.6) is 0 Å². The van der Waals surface area contributed by atoms with Crippen LogP contribution in [0.15, 0.2) is 77.7 Å². The van der Waals surface area contributed by atoms with E-state index < -0.39 is 0 Å². The molecule has 0 radical (unpaired) electrons. The average molecular weight is 417 g/mol. The Labute approximate surface area is 181 Å². The number of fused-ring (bicyclic) bond motifs is 1. The lowest BCUT2D eigenvalue weighted by Crippen LogP contribution is -2.30. The van der Waals surface area contributed by atoms with Crippen LogP contribution in [-0.4, -0.2) is 24.1 Å². The molecule has 0 saturated carbocycles. The van der Waals surface area contributed by atoms with Crippen molar-refractivity contribution in [1.29, 1.82) is 0 Å². The van der Waals surface area contributed by atoms with E-state index in [1.165, 1.54) is 17.3 Å². The summed E-state index contributed by atoms with van der Waals surface area (Å²) >= 11 is 1.42. The highest BCUT2D eigenvalue weighted by Gasteiger charge is 2.24. The molecule has 0 bridgehead atoms. The molecule has 152 valence electrons. The Morgan fingerprint density at radius 2 is 1.70 bits per heavy atom. The molecule has 0 aromatic heterocycles. The lowest BCUT2D eigenvalue weighted by Gasteiger charge is -2.17. The lowest BCUT2D eigenvalue weighted by molar-refractivity contribution is -0.116. The molecule has 1 heterocycles. The number of para-hydroxylation sites is 1. The van der Waals surface area contributed by atoms with Gasteiger partial charge in [0.1, 0.15) is 0 Å². The highest BCUT2D eigenvalue weighted by Crippen LogP contribution is 2.29. The van der Waals surface area contributed by atoms with Gasteiger partial charge in [-0.2, -0.15) is 0 Å². The molecule has 0 fully saturated rings. The highest BCUT2D eigenvalue weighted by molar-refractivity contribution is 8.00. The van der Waals surface area contributed by atoms with Crippen molar-refractivity contribution in [1.82, 2.24) is 5.32 Å². The summed E-state index contributed by atoms with van der Waals surface area (Å²) in [5, 5.41) is 3.00. The molecule has 0 saturated heterocycles. The Morgan fingerprint density at radius 3 is 2.57 bits per heavy atom. The zero-order valence-corrected chi connectivity index (χ0v) is 17.7. The fraction of sp³-hybridized carbons (Fsp3) is 0.200. The number of rotatable bonds is 6. The number of carbonyl (C=O) groups is 2. The Morgan fingerprint density at radius 1 is 0.967 bits per heavy atom. The van der Waals surface area contributed by atoms with E-state index in [1.54, 1.807) is 0 Å². The number of amides is 2. The van der Waals surface area contributed by atoms with Gasteiger partial charge in [0, 0.05) is 23.7 Å². The van der Waals surface area contributed by atoms with E-state index >= 15 is 0 Å². The highest BCUT2D eigenvalue weighted by atomic mass is 32.2. The van der Waals surface area contributed by atoms with E-state index in [1.807, 2.05) is 78.6 Å². The molecule has 0 atom stereocenters. The fourth-order valence-electron chi connectivity index (χ4n) is 3.67. The van der Waals surface area contributed by atoms with Gasteiger partial charge in [-0.15, -0.1) is 11.8 Å². The van der Waals surface area contributed by atoms with Gasteiger partial charge in [-0.05, 0) is 48.2 Å². The minimum atomic E-state index is -0.125. The van der Waals surface area contributed by atoms with Gasteiger partial charge in [-0.25, -0.2) is 0 Å². The van der Waals surface area contributed by atoms with Crippen LogP contribution >= 0.6 is 11.8 Å². The van der Waals surface area contributed by atoms with Gasteiger partial charge in [0.25, 0.3) is 5.91 Å². The average Bonchev–Trinajstić information content (AvgIpc) is 3.21. The minimum absolute atomic E-state index is 0.0695. The van der Waals surface area contributed by atoms with Crippen molar-refractivity contribution < 1.29 is 9.59 Å². The first-order valence-corrected chi connectivity index (χ1v) is 11.0. The van der Waals surface area contributed by atoms with E-state index in [2.05, 4.69) is 11.4 Å². The first kappa shape index (κ1) is 20.2. The summed E-state index contributed by atoms with van der Waals surface area (Å²) in [5.74, 6) is 0.247. The van der Waals surface area contributed by atoms with Crippen molar-refractivity contribution in [2.45, 2.75) is 24.8 Å². The molecule has 3 aromatic carbocycles. The summed E-state index contributed by atoms with van der Waals surface area (Å²) in [5.41, 5.74) is 5.07. The third kappa shape index (κ3) is 4.41.